The molecule has 20 heavy (non-hydrogen) atoms. The number of rotatable bonds is 4. The molecule has 0 aliphatic carbocycles. The summed E-state index contributed by atoms with van der Waals surface area (Å²) in [5.74, 6) is 0.895. The molecule has 3 N–H and O–H groups in total. The fraction of sp³-hybridized carbons (Fsp3) is 0.214. The van der Waals surface area contributed by atoms with Gasteiger partial charge in [-0.05, 0) is 12.0 Å². The van der Waals surface area contributed by atoms with Gasteiger partial charge in [-0.15, -0.1) is 0 Å². The maximum Gasteiger partial charge on any atom is 0.165 e. The van der Waals surface area contributed by atoms with Crippen molar-refractivity contribution in [3.05, 3.63) is 48.0 Å². The van der Waals surface area contributed by atoms with Crippen LogP contribution in [0.3, 0.4) is 0 Å². The van der Waals surface area contributed by atoms with E-state index in [9.17, 15) is 5.11 Å². The maximum absolute atomic E-state index is 9.44. The van der Waals surface area contributed by atoms with Gasteiger partial charge in [-0.2, -0.15) is 0 Å². The first-order valence-electron chi connectivity index (χ1n) is 6.40. The molecule has 2 heterocycles. The van der Waals surface area contributed by atoms with Gasteiger partial charge in [-0.1, -0.05) is 30.3 Å². The minimum Gasteiger partial charge on any atom is -0.388 e. The van der Waals surface area contributed by atoms with Gasteiger partial charge < -0.3 is 15.4 Å². The molecule has 0 spiro atoms. The quantitative estimate of drug-likeness (QED) is 0.741. The molecule has 0 aliphatic heterocycles. The molecule has 0 saturated heterocycles. The monoisotopic (exact) mass is 269 g/mol. The van der Waals surface area contributed by atoms with Crippen LogP contribution in [-0.2, 0) is 19.6 Å². The zero-order valence-corrected chi connectivity index (χ0v) is 10.9. The van der Waals surface area contributed by atoms with Crippen molar-refractivity contribution in [2.75, 3.05) is 5.73 Å². The van der Waals surface area contributed by atoms with Crippen molar-refractivity contribution in [3.8, 4) is 0 Å². The number of anilines is 1. The minimum atomic E-state index is -0.148. The van der Waals surface area contributed by atoms with E-state index in [-0.39, 0.29) is 6.61 Å². The van der Waals surface area contributed by atoms with E-state index in [1.165, 1.54) is 11.9 Å². The van der Waals surface area contributed by atoms with Gasteiger partial charge in [0.15, 0.2) is 17.0 Å². The number of nitrogens with zero attached hydrogens (tertiary/aromatic N) is 4. The lowest BCUT2D eigenvalue weighted by Crippen LogP contribution is -2.07. The Balaban J connectivity index is 1.96. The van der Waals surface area contributed by atoms with E-state index >= 15 is 0 Å². The number of fused-ring (bicyclic) bond motifs is 1. The maximum atomic E-state index is 9.44. The summed E-state index contributed by atoms with van der Waals surface area (Å²) in [6.45, 7) is 0.539. The number of nitrogen functional groups attached to an aromatic ring is 1. The second-order valence-corrected chi connectivity index (χ2v) is 4.50. The second kappa shape index (κ2) is 5.26. The van der Waals surface area contributed by atoms with Crippen LogP contribution in [0, 0.1) is 0 Å². The molecule has 0 bridgehead atoms. The van der Waals surface area contributed by atoms with E-state index in [1.54, 1.807) is 0 Å². The molecule has 0 radical (unpaired) electrons. The molecule has 0 saturated carbocycles. The van der Waals surface area contributed by atoms with E-state index in [2.05, 4.69) is 27.1 Å². The fourth-order valence-electron chi connectivity index (χ4n) is 2.24. The van der Waals surface area contributed by atoms with Gasteiger partial charge in [0.2, 0.25) is 0 Å². The Hall–Kier alpha value is -2.47. The molecular formula is C14H15N5O. The molecule has 6 heteroatoms. The average molecular weight is 269 g/mol. The molecule has 3 rings (SSSR count). The SMILES string of the molecule is Nc1ncnc2c1nc(CO)n2CCc1ccccc1. The molecule has 0 unspecified atom stereocenters. The van der Waals surface area contributed by atoms with Crippen molar-refractivity contribution < 1.29 is 5.11 Å². The number of hydrogen-bond donors (Lipinski definition) is 2. The predicted octanol–water partition coefficient (Wildman–Crippen LogP) is 1.14. The van der Waals surface area contributed by atoms with Crippen molar-refractivity contribution in [1.82, 2.24) is 19.5 Å². The second-order valence-electron chi connectivity index (χ2n) is 4.50. The molecule has 0 atom stereocenters. The van der Waals surface area contributed by atoms with Gasteiger partial charge in [0.1, 0.15) is 18.8 Å². The zero-order chi connectivity index (χ0) is 13.9. The van der Waals surface area contributed by atoms with Crippen molar-refractivity contribution in [1.29, 1.82) is 0 Å². The highest BCUT2D eigenvalue weighted by molar-refractivity contribution is 5.81. The summed E-state index contributed by atoms with van der Waals surface area (Å²) in [6.07, 6.45) is 2.25. The van der Waals surface area contributed by atoms with Crippen molar-refractivity contribution >= 4 is 17.0 Å². The van der Waals surface area contributed by atoms with E-state index in [0.717, 1.165) is 6.42 Å². The standard InChI is InChI=1S/C14H15N5O/c15-13-12-14(17-9-16-13)19(11(8-20)18-12)7-6-10-4-2-1-3-5-10/h1-5,9,20H,6-8H2,(H2,15,16,17). The Labute approximate surface area is 115 Å². The number of aliphatic hydroxyl groups excluding tert-OH is 1. The Kier molecular flexibility index (Phi) is 3.30. The van der Waals surface area contributed by atoms with Crippen LogP contribution in [0.2, 0.25) is 0 Å². The third-order valence-electron chi connectivity index (χ3n) is 3.25. The lowest BCUT2D eigenvalue weighted by atomic mass is 10.1. The zero-order valence-electron chi connectivity index (χ0n) is 10.9. The number of aliphatic hydroxyl groups is 1. The van der Waals surface area contributed by atoms with Gasteiger partial charge in [-0.3, -0.25) is 0 Å². The molecule has 102 valence electrons. The number of aryl methyl sites for hydroxylation is 2. The highest BCUT2D eigenvalue weighted by Gasteiger charge is 2.13. The molecule has 0 fully saturated rings. The Morgan fingerprint density at radius 3 is 2.70 bits per heavy atom. The van der Waals surface area contributed by atoms with Crippen LogP contribution in [0.4, 0.5) is 5.82 Å². The van der Waals surface area contributed by atoms with Crippen LogP contribution < -0.4 is 5.73 Å². The normalized spacial score (nSPS) is 11.1. The Morgan fingerprint density at radius 1 is 1.15 bits per heavy atom. The van der Waals surface area contributed by atoms with Crippen LogP contribution in [0.1, 0.15) is 11.4 Å². The van der Waals surface area contributed by atoms with Crippen LogP contribution in [-0.4, -0.2) is 24.6 Å². The summed E-state index contributed by atoms with van der Waals surface area (Å²) in [6, 6.07) is 10.1. The van der Waals surface area contributed by atoms with E-state index in [0.29, 0.717) is 29.4 Å². The number of benzene rings is 1. The van der Waals surface area contributed by atoms with Crippen LogP contribution >= 0.6 is 0 Å². The molecular weight excluding hydrogens is 254 g/mol. The summed E-state index contributed by atoms with van der Waals surface area (Å²) >= 11 is 0. The van der Waals surface area contributed by atoms with Crippen molar-refractivity contribution in [2.45, 2.75) is 19.6 Å². The minimum absolute atomic E-state index is 0.148. The first-order chi connectivity index (χ1) is 9.79. The molecule has 0 amide bonds. The topological polar surface area (TPSA) is 89.8 Å². The Morgan fingerprint density at radius 2 is 1.95 bits per heavy atom. The van der Waals surface area contributed by atoms with Crippen LogP contribution in [0.25, 0.3) is 11.2 Å². The summed E-state index contributed by atoms with van der Waals surface area (Å²) in [5, 5.41) is 9.44. The fourth-order valence-corrected chi connectivity index (χ4v) is 2.24. The third-order valence-corrected chi connectivity index (χ3v) is 3.25. The van der Waals surface area contributed by atoms with Gasteiger partial charge in [0.05, 0.1) is 0 Å². The third kappa shape index (κ3) is 2.21. The molecule has 3 aromatic rings. The van der Waals surface area contributed by atoms with Gasteiger partial charge >= 0.3 is 0 Å². The highest BCUT2D eigenvalue weighted by Crippen LogP contribution is 2.18. The largest absolute Gasteiger partial charge is 0.388 e. The van der Waals surface area contributed by atoms with Crippen molar-refractivity contribution in [2.24, 2.45) is 0 Å². The molecule has 2 aromatic heterocycles. The summed E-state index contributed by atoms with van der Waals surface area (Å²) in [4.78, 5) is 12.5. The van der Waals surface area contributed by atoms with Gasteiger partial charge in [-0.25, -0.2) is 15.0 Å². The van der Waals surface area contributed by atoms with E-state index in [4.69, 9.17) is 5.73 Å². The van der Waals surface area contributed by atoms with E-state index in [1.807, 2.05) is 22.8 Å². The van der Waals surface area contributed by atoms with E-state index < -0.39 is 0 Å². The lowest BCUT2D eigenvalue weighted by Gasteiger charge is -2.07. The average Bonchev–Trinajstić information content (AvgIpc) is 2.85. The van der Waals surface area contributed by atoms with Gasteiger partial charge in [0.25, 0.3) is 0 Å². The molecule has 1 aromatic carbocycles. The number of aromatic nitrogens is 4. The predicted molar refractivity (Wildman–Crippen MR) is 75.8 cm³/mol. The number of hydrogen-bond acceptors (Lipinski definition) is 5. The van der Waals surface area contributed by atoms with Crippen LogP contribution in [0.5, 0.6) is 0 Å². The van der Waals surface area contributed by atoms with Crippen molar-refractivity contribution in [3.63, 3.8) is 0 Å². The van der Waals surface area contributed by atoms with Crippen LogP contribution in [0.15, 0.2) is 36.7 Å². The molecule has 0 aliphatic rings. The highest BCUT2D eigenvalue weighted by atomic mass is 16.3. The summed E-state index contributed by atoms with van der Waals surface area (Å²) < 4.78 is 1.89. The summed E-state index contributed by atoms with van der Waals surface area (Å²) in [7, 11) is 0. The van der Waals surface area contributed by atoms with Gasteiger partial charge in [0, 0.05) is 6.54 Å². The summed E-state index contributed by atoms with van der Waals surface area (Å²) in [5.41, 5.74) is 8.22. The number of imidazole rings is 1. The smallest absolute Gasteiger partial charge is 0.165 e. The lowest BCUT2D eigenvalue weighted by molar-refractivity contribution is 0.266. The first kappa shape index (κ1) is 12.6. The molecule has 6 nitrogen and oxygen atoms in total. The first-order valence-corrected chi connectivity index (χ1v) is 6.40. The Bertz CT molecular complexity index is 723. The number of nitrogens with two attached hydrogens (primary N) is 1.